The second-order valence-corrected chi connectivity index (χ2v) is 4.36. The Bertz CT molecular complexity index is 491. The maximum atomic E-state index is 12.1. The van der Waals surface area contributed by atoms with E-state index in [0.29, 0.717) is 5.56 Å². The molecule has 116 valence electrons. The summed E-state index contributed by atoms with van der Waals surface area (Å²) < 4.78 is 36.2. The van der Waals surface area contributed by atoms with Gasteiger partial charge in [-0.2, -0.15) is 13.2 Å². The smallest absolute Gasteiger partial charge is 0.382 e. The zero-order valence-electron chi connectivity index (χ0n) is 11.1. The Balaban J connectivity index is 2.47. The van der Waals surface area contributed by atoms with Crippen molar-refractivity contribution in [2.75, 3.05) is 6.54 Å². The van der Waals surface area contributed by atoms with E-state index < -0.39 is 36.7 Å². The minimum absolute atomic E-state index is 0.326. The zero-order valence-corrected chi connectivity index (χ0v) is 11.1. The van der Waals surface area contributed by atoms with Gasteiger partial charge in [0.15, 0.2) is 6.10 Å². The molecule has 1 rings (SSSR count). The standard InChI is InChI=1S/C13H15F3N2O3/c1-8(11(20)17-7-10(19)13(14,15)16)18-12(21)9-5-3-2-4-6-9/h2-6,8,10,19H,7H2,1H3,(H,17,20)(H,18,21). The molecule has 2 amide bonds. The fraction of sp³-hybridized carbons (Fsp3) is 0.385. The highest BCUT2D eigenvalue weighted by molar-refractivity contribution is 5.97. The van der Waals surface area contributed by atoms with Gasteiger partial charge < -0.3 is 15.7 Å². The monoisotopic (exact) mass is 304 g/mol. The number of carbonyl (C=O) groups excluding carboxylic acids is 2. The first kappa shape index (κ1) is 17.0. The number of hydrogen-bond donors (Lipinski definition) is 3. The van der Waals surface area contributed by atoms with Crippen LogP contribution in [0.1, 0.15) is 17.3 Å². The van der Waals surface area contributed by atoms with Crippen molar-refractivity contribution in [2.24, 2.45) is 0 Å². The zero-order chi connectivity index (χ0) is 16.0. The molecular formula is C13H15F3N2O3. The van der Waals surface area contributed by atoms with Gasteiger partial charge in [-0.1, -0.05) is 18.2 Å². The second kappa shape index (κ2) is 7.07. The van der Waals surface area contributed by atoms with Crippen LogP contribution in [0, 0.1) is 0 Å². The quantitative estimate of drug-likeness (QED) is 0.754. The number of hydrogen-bond acceptors (Lipinski definition) is 3. The third kappa shape index (κ3) is 5.42. The minimum atomic E-state index is -4.80. The van der Waals surface area contributed by atoms with Crippen molar-refractivity contribution in [3.8, 4) is 0 Å². The van der Waals surface area contributed by atoms with E-state index in [1.807, 2.05) is 5.32 Å². The lowest BCUT2D eigenvalue weighted by Gasteiger charge is -2.18. The summed E-state index contributed by atoms with van der Waals surface area (Å²) in [5, 5.41) is 13.0. The van der Waals surface area contributed by atoms with Gasteiger partial charge in [0.05, 0.1) is 6.54 Å². The summed E-state index contributed by atoms with van der Waals surface area (Å²) in [7, 11) is 0. The molecule has 1 aromatic rings. The van der Waals surface area contributed by atoms with E-state index in [9.17, 15) is 22.8 Å². The lowest BCUT2D eigenvalue weighted by atomic mass is 10.2. The van der Waals surface area contributed by atoms with E-state index in [1.165, 1.54) is 19.1 Å². The second-order valence-electron chi connectivity index (χ2n) is 4.36. The highest BCUT2D eigenvalue weighted by atomic mass is 19.4. The van der Waals surface area contributed by atoms with Crippen LogP contribution in [-0.2, 0) is 4.79 Å². The molecule has 0 bridgehead atoms. The fourth-order valence-corrected chi connectivity index (χ4v) is 1.40. The number of rotatable bonds is 5. The Labute approximate surface area is 119 Å². The van der Waals surface area contributed by atoms with Crippen LogP contribution in [-0.4, -0.2) is 41.8 Å². The highest BCUT2D eigenvalue weighted by Crippen LogP contribution is 2.19. The van der Waals surface area contributed by atoms with Crippen LogP contribution in [0.5, 0.6) is 0 Å². The molecule has 21 heavy (non-hydrogen) atoms. The molecule has 0 saturated carbocycles. The Morgan fingerprint density at radius 2 is 1.81 bits per heavy atom. The first-order chi connectivity index (χ1) is 9.71. The van der Waals surface area contributed by atoms with E-state index in [-0.39, 0.29) is 0 Å². The Morgan fingerprint density at radius 1 is 1.24 bits per heavy atom. The Morgan fingerprint density at radius 3 is 2.33 bits per heavy atom. The number of aliphatic hydroxyl groups is 1. The molecule has 2 atom stereocenters. The van der Waals surface area contributed by atoms with Crippen molar-refractivity contribution in [3.05, 3.63) is 35.9 Å². The van der Waals surface area contributed by atoms with Crippen molar-refractivity contribution in [1.82, 2.24) is 10.6 Å². The maximum Gasteiger partial charge on any atom is 0.416 e. The number of benzene rings is 1. The van der Waals surface area contributed by atoms with E-state index in [4.69, 9.17) is 5.11 Å². The van der Waals surface area contributed by atoms with Crippen LogP contribution in [0.15, 0.2) is 30.3 Å². The summed E-state index contributed by atoms with van der Waals surface area (Å²) in [6.45, 7) is 0.365. The van der Waals surface area contributed by atoms with Gasteiger partial charge in [-0.25, -0.2) is 0 Å². The molecule has 2 unspecified atom stereocenters. The van der Waals surface area contributed by atoms with Crippen LogP contribution in [0.2, 0.25) is 0 Å². The van der Waals surface area contributed by atoms with Gasteiger partial charge >= 0.3 is 6.18 Å². The normalized spacial score (nSPS) is 14.1. The number of alkyl halides is 3. The van der Waals surface area contributed by atoms with Crippen LogP contribution in [0.3, 0.4) is 0 Å². The average molecular weight is 304 g/mol. The fourth-order valence-electron chi connectivity index (χ4n) is 1.40. The average Bonchev–Trinajstić information content (AvgIpc) is 2.44. The molecule has 8 heteroatoms. The number of halogens is 3. The van der Waals surface area contributed by atoms with E-state index in [2.05, 4.69) is 5.32 Å². The third-order valence-corrected chi connectivity index (χ3v) is 2.62. The summed E-state index contributed by atoms with van der Waals surface area (Å²) >= 11 is 0. The van der Waals surface area contributed by atoms with Crippen LogP contribution >= 0.6 is 0 Å². The van der Waals surface area contributed by atoms with Gasteiger partial charge in [0.25, 0.3) is 5.91 Å². The van der Waals surface area contributed by atoms with Gasteiger partial charge in [-0.05, 0) is 19.1 Å². The highest BCUT2D eigenvalue weighted by Gasteiger charge is 2.38. The molecule has 0 aliphatic rings. The van der Waals surface area contributed by atoms with Gasteiger partial charge in [-0.15, -0.1) is 0 Å². The number of carbonyl (C=O) groups is 2. The number of aliphatic hydroxyl groups excluding tert-OH is 1. The molecule has 0 heterocycles. The maximum absolute atomic E-state index is 12.1. The summed E-state index contributed by atoms with van der Waals surface area (Å²) in [6.07, 6.45) is -7.44. The first-order valence-electron chi connectivity index (χ1n) is 6.10. The number of nitrogens with one attached hydrogen (secondary N) is 2. The van der Waals surface area contributed by atoms with Crippen molar-refractivity contribution >= 4 is 11.8 Å². The predicted octanol–water partition coefficient (Wildman–Crippen LogP) is 0.844. The Hall–Kier alpha value is -2.09. The molecule has 1 aromatic carbocycles. The Kier molecular flexibility index (Phi) is 5.71. The topological polar surface area (TPSA) is 78.4 Å². The molecular weight excluding hydrogens is 289 g/mol. The molecule has 5 nitrogen and oxygen atoms in total. The lowest BCUT2D eigenvalue weighted by Crippen LogP contribution is -2.48. The van der Waals surface area contributed by atoms with Crippen LogP contribution in [0.4, 0.5) is 13.2 Å². The summed E-state index contributed by atoms with van der Waals surface area (Å²) in [5.74, 6) is -1.34. The lowest BCUT2D eigenvalue weighted by molar-refractivity contribution is -0.201. The van der Waals surface area contributed by atoms with Gasteiger partial charge in [0.2, 0.25) is 5.91 Å². The summed E-state index contributed by atoms with van der Waals surface area (Å²) in [4.78, 5) is 23.3. The van der Waals surface area contributed by atoms with Crippen molar-refractivity contribution in [3.63, 3.8) is 0 Å². The minimum Gasteiger partial charge on any atom is -0.382 e. The summed E-state index contributed by atoms with van der Waals surface area (Å²) in [5.41, 5.74) is 0.326. The van der Waals surface area contributed by atoms with Gasteiger partial charge in [0.1, 0.15) is 6.04 Å². The molecule has 0 aliphatic heterocycles. The first-order valence-corrected chi connectivity index (χ1v) is 6.10. The summed E-state index contributed by atoms with van der Waals surface area (Å²) in [6, 6.07) is 7.03. The predicted molar refractivity (Wildman–Crippen MR) is 68.4 cm³/mol. The van der Waals surface area contributed by atoms with Gasteiger partial charge in [-0.3, -0.25) is 9.59 Å². The SMILES string of the molecule is CC(NC(=O)c1ccccc1)C(=O)NCC(O)C(F)(F)F. The van der Waals surface area contributed by atoms with Gasteiger partial charge in [0, 0.05) is 5.56 Å². The van der Waals surface area contributed by atoms with Crippen molar-refractivity contribution < 1.29 is 27.9 Å². The van der Waals surface area contributed by atoms with E-state index in [1.54, 1.807) is 18.2 Å². The van der Waals surface area contributed by atoms with Crippen molar-refractivity contribution in [2.45, 2.75) is 25.2 Å². The van der Waals surface area contributed by atoms with Crippen LogP contribution in [0.25, 0.3) is 0 Å². The molecule has 0 radical (unpaired) electrons. The molecule has 3 N–H and O–H groups in total. The van der Waals surface area contributed by atoms with E-state index in [0.717, 1.165) is 0 Å². The molecule has 0 aliphatic carbocycles. The van der Waals surface area contributed by atoms with Crippen molar-refractivity contribution in [1.29, 1.82) is 0 Å². The largest absolute Gasteiger partial charge is 0.416 e. The third-order valence-electron chi connectivity index (χ3n) is 2.62. The van der Waals surface area contributed by atoms with E-state index >= 15 is 0 Å². The van der Waals surface area contributed by atoms with Crippen LogP contribution < -0.4 is 10.6 Å². The molecule has 0 aromatic heterocycles. The number of amides is 2. The molecule has 0 saturated heterocycles. The molecule has 0 spiro atoms. The molecule has 0 fully saturated rings.